The number of carbonyl (C=O) groups is 1. The van der Waals surface area contributed by atoms with Crippen LogP contribution >= 0.6 is 0 Å². The van der Waals surface area contributed by atoms with Gasteiger partial charge in [-0.05, 0) is 12.1 Å². The topological polar surface area (TPSA) is 75.0 Å². The summed E-state index contributed by atoms with van der Waals surface area (Å²) in [5.74, 6) is 0.420. The average Bonchev–Trinajstić information content (AvgIpc) is 2.36. The van der Waals surface area contributed by atoms with Gasteiger partial charge in [-0.15, -0.1) is 0 Å². The van der Waals surface area contributed by atoms with Gasteiger partial charge in [0.1, 0.15) is 12.3 Å². The summed E-state index contributed by atoms with van der Waals surface area (Å²) in [4.78, 5) is 18.2. The monoisotopic (exact) mass is 263 g/mol. The standard InChI is InChI=1S/C13H17N3O3/c1-13(2,3)12(17)16-6-7-19-11-10(16)5-4-9(15-11)8-14-18/h4-5,8,18H,6-7H2,1-3H3/b14-8-. The Kier molecular flexibility index (Phi) is 3.42. The number of fused-ring (bicyclic) bond motifs is 1. The maximum atomic E-state index is 12.4. The highest BCUT2D eigenvalue weighted by Gasteiger charge is 2.32. The third-order valence-electron chi connectivity index (χ3n) is 2.78. The molecule has 1 aliphatic rings. The number of aromatic nitrogens is 1. The van der Waals surface area contributed by atoms with E-state index in [1.54, 1.807) is 17.0 Å². The molecule has 19 heavy (non-hydrogen) atoms. The molecular weight excluding hydrogens is 246 g/mol. The summed E-state index contributed by atoms with van der Waals surface area (Å²) in [5, 5.41) is 11.4. The van der Waals surface area contributed by atoms with Gasteiger partial charge in [0, 0.05) is 5.41 Å². The number of ether oxygens (including phenoxy) is 1. The van der Waals surface area contributed by atoms with Crippen molar-refractivity contribution < 1.29 is 14.7 Å². The van der Waals surface area contributed by atoms with E-state index in [9.17, 15) is 4.79 Å². The summed E-state index contributed by atoms with van der Waals surface area (Å²) in [6, 6.07) is 3.43. The predicted octanol–water partition coefficient (Wildman–Crippen LogP) is 1.66. The molecular formula is C13H17N3O3. The Labute approximate surface area is 111 Å². The van der Waals surface area contributed by atoms with Gasteiger partial charge in [0.05, 0.1) is 18.5 Å². The van der Waals surface area contributed by atoms with Gasteiger partial charge in [-0.2, -0.15) is 0 Å². The lowest BCUT2D eigenvalue weighted by molar-refractivity contribution is -0.126. The van der Waals surface area contributed by atoms with E-state index in [2.05, 4.69) is 10.1 Å². The fourth-order valence-corrected chi connectivity index (χ4v) is 1.86. The number of hydrogen-bond acceptors (Lipinski definition) is 5. The first-order chi connectivity index (χ1) is 8.93. The molecule has 102 valence electrons. The first-order valence-corrected chi connectivity index (χ1v) is 6.07. The summed E-state index contributed by atoms with van der Waals surface area (Å²) in [6.45, 7) is 6.56. The highest BCUT2D eigenvalue weighted by molar-refractivity contribution is 5.98. The van der Waals surface area contributed by atoms with E-state index < -0.39 is 5.41 Å². The zero-order valence-electron chi connectivity index (χ0n) is 11.3. The zero-order valence-corrected chi connectivity index (χ0v) is 11.3. The Morgan fingerprint density at radius 1 is 1.53 bits per heavy atom. The molecule has 0 aromatic carbocycles. The van der Waals surface area contributed by atoms with E-state index >= 15 is 0 Å². The first-order valence-electron chi connectivity index (χ1n) is 6.07. The lowest BCUT2D eigenvalue weighted by atomic mass is 9.94. The van der Waals surface area contributed by atoms with Crippen LogP contribution in [-0.4, -0.2) is 35.5 Å². The van der Waals surface area contributed by atoms with Crippen molar-refractivity contribution in [1.29, 1.82) is 0 Å². The van der Waals surface area contributed by atoms with Crippen molar-refractivity contribution in [3.8, 4) is 5.88 Å². The smallest absolute Gasteiger partial charge is 0.238 e. The molecule has 6 heteroatoms. The Morgan fingerprint density at radius 3 is 2.89 bits per heavy atom. The second-order valence-electron chi connectivity index (χ2n) is 5.36. The maximum Gasteiger partial charge on any atom is 0.238 e. The highest BCUT2D eigenvalue weighted by atomic mass is 16.5. The van der Waals surface area contributed by atoms with Crippen LogP contribution in [0.1, 0.15) is 26.5 Å². The van der Waals surface area contributed by atoms with Crippen molar-refractivity contribution in [3.63, 3.8) is 0 Å². The van der Waals surface area contributed by atoms with Crippen LogP contribution in [0.3, 0.4) is 0 Å². The van der Waals surface area contributed by atoms with Gasteiger partial charge >= 0.3 is 0 Å². The van der Waals surface area contributed by atoms with E-state index in [1.807, 2.05) is 20.8 Å². The van der Waals surface area contributed by atoms with Crippen molar-refractivity contribution in [3.05, 3.63) is 17.8 Å². The Morgan fingerprint density at radius 2 is 2.26 bits per heavy atom. The van der Waals surface area contributed by atoms with E-state index in [-0.39, 0.29) is 5.91 Å². The summed E-state index contributed by atoms with van der Waals surface area (Å²) in [5.41, 5.74) is 0.674. The molecule has 1 aliphatic heterocycles. The summed E-state index contributed by atoms with van der Waals surface area (Å²) < 4.78 is 5.46. The zero-order chi connectivity index (χ0) is 14.0. The molecule has 0 aliphatic carbocycles. The van der Waals surface area contributed by atoms with Gasteiger partial charge in [-0.1, -0.05) is 25.9 Å². The number of carbonyl (C=O) groups excluding carboxylic acids is 1. The SMILES string of the molecule is CC(C)(C)C(=O)N1CCOc2nc(/C=N\O)ccc21. The van der Waals surface area contributed by atoms with E-state index in [4.69, 9.17) is 9.94 Å². The van der Waals surface area contributed by atoms with Gasteiger partial charge in [0.2, 0.25) is 11.8 Å². The van der Waals surface area contributed by atoms with Crippen LogP contribution in [0.15, 0.2) is 17.3 Å². The van der Waals surface area contributed by atoms with Crippen molar-refractivity contribution in [2.75, 3.05) is 18.1 Å². The third-order valence-corrected chi connectivity index (χ3v) is 2.78. The molecule has 0 radical (unpaired) electrons. The van der Waals surface area contributed by atoms with Gasteiger partial charge in [-0.3, -0.25) is 4.79 Å². The molecule has 0 saturated carbocycles. The fourth-order valence-electron chi connectivity index (χ4n) is 1.86. The quantitative estimate of drug-likeness (QED) is 0.475. The molecule has 0 bridgehead atoms. The normalized spacial score (nSPS) is 15.2. The molecule has 0 spiro atoms. The number of amides is 1. The largest absolute Gasteiger partial charge is 0.474 e. The molecule has 1 N–H and O–H groups in total. The van der Waals surface area contributed by atoms with E-state index in [0.717, 1.165) is 0 Å². The van der Waals surface area contributed by atoms with Crippen LogP contribution in [0.2, 0.25) is 0 Å². The van der Waals surface area contributed by atoms with Gasteiger partial charge in [-0.25, -0.2) is 4.98 Å². The number of rotatable bonds is 1. The molecule has 1 aromatic rings. The predicted molar refractivity (Wildman–Crippen MR) is 70.9 cm³/mol. The molecule has 2 heterocycles. The molecule has 0 atom stereocenters. The third kappa shape index (κ3) is 2.67. The molecule has 0 saturated heterocycles. The van der Waals surface area contributed by atoms with Crippen molar-refractivity contribution in [2.45, 2.75) is 20.8 Å². The Hall–Kier alpha value is -2.11. The van der Waals surface area contributed by atoms with Crippen LogP contribution in [0.25, 0.3) is 0 Å². The minimum absolute atomic E-state index is 0.0300. The minimum Gasteiger partial charge on any atom is -0.474 e. The summed E-state index contributed by atoms with van der Waals surface area (Å²) in [7, 11) is 0. The molecule has 2 rings (SSSR count). The average molecular weight is 263 g/mol. The Bertz CT molecular complexity index is 520. The molecule has 0 unspecified atom stereocenters. The Balaban J connectivity index is 2.37. The fraction of sp³-hybridized carbons (Fsp3) is 0.462. The summed E-state index contributed by atoms with van der Waals surface area (Å²) >= 11 is 0. The number of anilines is 1. The highest BCUT2D eigenvalue weighted by Crippen LogP contribution is 2.32. The second-order valence-corrected chi connectivity index (χ2v) is 5.36. The molecule has 0 fully saturated rings. The summed E-state index contributed by atoms with van der Waals surface area (Å²) in [6.07, 6.45) is 1.22. The van der Waals surface area contributed by atoms with Crippen molar-refractivity contribution in [2.24, 2.45) is 10.6 Å². The molecule has 6 nitrogen and oxygen atoms in total. The van der Waals surface area contributed by atoms with Crippen LogP contribution in [0, 0.1) is 5.41 Å². The van der Waals surface area contributed by atoms with Crippen LogP contribution in [0.4, 0.5) is 5.69 Å². The number of pyridine rings is 1. The minimum atomic E-state index is -0.458. The van der Waals surface area contributed by atoms with Crippen LogP contribution in [-0.2, 0) is 4.79 Å². The van der Waals surface area contributed by atoms with E-state index in [1.165, 1.54) is 6.21 Å². The van der Waals surface area contributed by atoms with Gasteiger partial charge in [0.15, 0.2) is 0 Å². The number of nitrogens with zero attached hydrogens (tertiary/aromatic N) is 3. The van der Waals surface area contributed by atoms with Crippen LogP contribution < -0.4 is 9.64 Å². The maximum absolute atomic E-state index is 12.4. The number of hydrogen-bond donors (Lipinski definition) is 1. The lowest BCUT2D eigenvalue weighted by Gasteiger charge is -2.33. The van der Waals surface area contributed by atoms with Gasteiger partial charge in [0.25, 0.3) is 0 Å². The number of oxime groups is 1. The first kappa shape index (κ1) is 13.3. The van der Waals surface area contributed by atoms with E-state index in [0.29, 0.717) is 30.4 Å². The van der Waals surface area contributed by atoms with Gasteiger partial charge < -0.3 is 14.8 Å². The van der Waals surface area contributed by atoms with Crippen LogP contribution in [0.5, 0.6) is 5.88 Å². The molecule has 1 amide bonds. The second kappa shape index (κ2) is 4.87. The lowest BCUT2D eigenvalue weighted by Crippen LogP contribution is -2.44. The molecule has 1 aromatic heterocycles. The van der Waals surface area contributed by atoms with Crippen molar-refractivity contribution in [1.82, 2.24) is 4.98 Å². The van der Waals surface area contributed by atoms with Crippen molar-refractivity contribution >= 4 is 17.8 Å².